The Kier molecular flexibility index (Phi) is 4.53. The van der Waals surface area contributed by atoms with Crippen molar-refractivity contribution in [1.82, 2.24) is 20.6 Å². The average Bonchev–Trinajstić information content (AvgIpc) is 3.09. The van der Waals surface area contributed by atoms with Crippen molar-refractivity contribution in [1.29, 1.82) is 0 Å². The molecule has 1 aliphatic heterocycles. The summed E-state index contributed by atoms with van der Waals surface area (Å²) >= 11 is 0. The maximum atomic E-state index is 13.9. The molecule has 3 N–H and O–H groups in total. The summed E-state index contributed by atoms with van der Waals surface area (Å²) in [6.45, 7) is 0. The van der Waals surface area contributed by atoms with Gasteiger partial charge in [0.05, 0.1) is 24.0 Å². The van der Waals surface area contributed by atoms with E-state index in [1.807, 2.05) is 0 Å². The molecule has 2 aromatic rings. The van der Waals surface area contributed by atoms with Crippen molar-refractivity contribution in [2.75, 3.05) is 0 Å². The quantitative estimate of drug-likeness (QED) is 0.800. The van der Waals surface area contributed by atoms with Crippen molar-refractivity contribution < 1.29 is 9.18 Å². The number of H-pyrrole nitrogens is 1. The third kappa shape index (κ3) is 3.44. The van der Waals surface area contributed by atoms with Gasteiger partial charge >= 0.3 is 0 Å². The summed E-state index contributed by atoms with van der Waals surface area (Å²) < 4.78 is 13.9. The van der Waals surface area contributed by atoms with Gasteiger partial charge in [0.25, 0.3) is 0 Å². The van der Waals surface area contributed by atoms with Crippen LogP contribution in [0.5, 0.6) is 0 Å². The van der Waals surface area contributed by atoms with Crippen LogP contribution in [0.4, 0.5) is 4.39 Å². The molecule has 1 amide bonds. The summed E-state index contributed by atoms with van der Waals surface area (Å²) in [4.78, 5) is 19.8. The molecule has 2 fully saturated rings. The number of benzene rings is 1. The fourth-order valence-corrected chi connectivity index (χ4v) is 3.97. The maximum Gasteiger partial charge on any atom is 0.225 e. The summed E-state index contributed by atoms with van der Waals surface area (Å²) in [6, 6.07) is 6.96. The van der Waals surface area contributed by atoms with E-state index in [4.69, 9.17) is 0 Å². The van der Waals surface area contributed by atoms with Crippen molar-refractivity contribution in [3.8, 4) is 11.3 Å². The van der Waals surface area contributed by atoms with Crippen LogP contribution in [0.25, 0.3) is 11.3 Å². The third-order valence-electron chi connectivity index (χ3n) is 5.30. The van der Waals surface area contributed by atoms with Gasteiger partial charge in [-0.15, -0.1) is 0 Å². The van der Waals surface area contributed by atoms with Crippen molar-refractivity contribution in [3.63, 3.8) is 0 Å². The lowest BCUT2D eigenvalue weighted by Crippen LogP contribution is -2.62. The standard InChI is InChI=1S/C19H23FN4O/c20-14-7-3-1-5-12(14)16-11-21-17(23-16)9-10-18-22-15-8-4-2-6-13(15)19(25)24-18/h1,3,5,7,11,13,15,18,22H,2,4,6,8-10H2,(H,21,23)(H,24,25). The van der Waals surface area contributed by atoms with Crippen molar-refractivity contribution >= 4 is 5.91 Å². The second-order valence-corrected chi connectivity index (χ2v) is 6.99. The van der Waals surface area contributed by atoms with E-state index in [1.165, 1.54) is 12.5 Å². The maximum absolute atomic E-state index is 13.9. The molecule has 1 aromatic carbocycles. The van der Waals surface area contributed by atoms with E-state index in [0.717, 1.165) is 31.5 Å². The number of rotatable bonds is 4. The van der Waals surface area contributed by atoms with Crippen LogP contribution in [0, 0.1) is 11.7 Å². The number of aromatic amines is 1. The highest BCUT2D eigenvalue weighted by atomic mass is 19.1. The first-order valence-electron chi connectivity index (χ1n) is 9.06. The molecular weight excluding hydrogens is 319 g/mol. The number of carbonyl (C=O) groups excluding carboxylic acids is 1. The number of imidazole rings is 1. The molecule has 2 aliphatic rings. The molecule has 0 radical (unpaired) electrons. The molecule has 3 unspecified atom stereocenters. The first-order chi connectivity index (χ1) is 12.2. The zero-order valence-electron chi connectivity index (χ0n) is 14.1. The predicted molar refractivity (Wildman–Crippen MR) is 93.1 cm³/mol. The van der Waals surface area contributed by atoms with Gasteiger partial charge in [0.2, 0.25) is 5.91 Å². The number of aromatic nitrogens is 2. The van der Waals surface area contributed by atoms with Gasteiger partial charge in [-0.3, -0.25) is 10.1 Å². The number of hydrogen-bond acceptors (Lipinski definition) is 3. The van der Waals surface area contributed by atoms with E-state index in [0.29, 0.717) is 23.7 Å². The highest BCUT2D eigenvalue weighted by Gasteiger charge is 2.37. The average molecular weight is 342 g/mol. The summed E-state index contributed by atoms with van der Waals surface area (Å²) in [7, 11) is 0. The first kappa shape index (κ1) is 16.3. The Hall–Kier alpha value is -2.21. The molecule has 0 spiro atoms. The minimum absolute atomic E-state index is 0.0196. The monoisotopic (exact) mass is 342 g/mol. The largest absolute Gasteiger partial charge is 0.342 e. The van der Waals surface area contributed by atoms with Crippen LogP contribution in [0.2, 0.25) is 0 Å². The molecule has 1 aromatic heterocycles. The SMILES string of the molecule is O=C1NC(CCc2ncc(-c3ccccc3F)[nH]2)NC2CCCCC12. The zero-order valence-corrected chi connectivity index (χ0v) is 14.1. The lowest BCUT2D eigenvalue weighted by Gasteiger charge is -2.40. The van der Waals surface area contributed by atoms with E-state index < -0.39 is 0 Å². The summed E-state index contributed by atoms with van der Waals surface area (Å²) in [5, 5.41) is 6.65. The van der Waals surface area contributed by atoms with Crippen molar-refractivity contribution in [2.24, 2.45) is 5.92 Å². The zero-order chi connectivity index (χ0) is 17.2. The van der Waals surface area contributed by atoms with Gasteiger partial charge in [-0.1, -0.05) is 25.0 Å². The topological polar surface area (TPSA) is 69.8 Å². The van der Waals surface area contributed by atoms with Crippen molar-refractivity contribution in [3.05, 3.63) is 42.1 Å². The molecule has 1 saturated heterocycles. The smallest absolute Gasteiger partial charge is 0.225 e. The minimum Gasteiger partial charge on any atom is -0.342 e. The molecule has 1 saturated carbocycles. The Morgan fingerprint density at radius 3 is 2.92 bits per heavy atom. The van der Waals surface area contributed by atoms with Crippen LogP contribution in [0.3, 0.4) is 0 Å². The number of halogens is 1. The number of nitrogens with one attached hydrogen (secondary N) is 3. The molecule has 6 heteroatoms. The van der Waals surface area contributed by atoms with Crippen LogP contribution >= 0.6 is 0 Å². The van der Waals surface area contributed by atoms with Gasteiger partial charge < -0.3 is 10.3 Å². The molecular formula is C19H23FN4O. The Morgan fingerprint density at radius 1 is 1.20 bits per heavy atom. The number of aryl methyl sites for hydroxylation is 1. The number of fused-ring (bicyclic) bond motifs is 1. The number of amides is 1. The van der Waals surface area contributed by atoms with Gasteiger partial charge in [-0.05, 0) is 31.4 Å². The van der Waals surface area contributed by atoms with Crippen LogP contribution in [-0.2, 0) is 11.2 Å². The lowest BCUT2D eigenvalue weighted by atomic mass is 9.82. The molecule has 25 heavy (non-hydrogen) atoms. The number of nitrogens with zero attached hydrogens (tertiary/aromatic N) is 1. The summed E-state index contributed by atoms with van der Waals surface area (Å²) in [5.74, 6) is 0.850. The van der Waals surface area contributed by atoms with Gasteiger partial charge in [-0.2, -0.15) is 0 Å². The summed E-state index contributed by atoms with van der Waals surface area (Å²) in [6.07, 6.45) is 7.51. The number of hydrogen-bond donors (Lipinski definition) is 3. The normalized spacial score (nSPS) is 26.1. The minimum atomic E-state index is -0.262. The Bertz CT molecular complexity index is 759. The molecule has 2 heterocycles. The molecule has 5 nitrogen and oxygen atoms in total. The van der Waals surface area contributed by atoms with Crippen molar-refractivity contribution in [2.45, 2.75) is 50.7 Å². The molecule has 3 atom stereocenters. The van der Waals surface area contributed by atoms with E-state index in [1.54, 1.807) is 24.4 Å². The highest BCUT2D eigenvalue weighted by Crippen LogP contribution is 2.27. The summed E-state index contributed by atoms with van der Waals surface area (Å²) in [5.41, 5.74) is 1.21. The van der Waals surface area contributed by atoms with Crippen LogP contribution in [0.1, 0.15) is 37.9 Å². The van der Waals surface area contributed by atoms with Gasteiger partial charge in [-0.25, -0.2) is 9.37 Å². The molecule has 0 bridgehead atoms. The Labute approximate surface area is 146 Å². The van der Waals surface area contributed by atoms with Gasteiger partial charge in [0.15, 0.2) is 0 Å². The fourth-order valence-electron chi connectivity index (χ4n) is 3.97. The van der Waals surface area contributed by atoms with Crippen LogP contribution in [0.15, 0.2) is 30.5 Å². The molecule has 1 aliphatic carbocycles. The Balaban J connectivity index is 1.37. The fraction of sp³-hybridized carbons (Fsp3) is 0.474. The second kappa shape index (κ2) is 6.96. The lowest BCUT2D eigenvalue weighted by molar-refractivity contribution is -0.130. The second-order valence-electron chi connectivity index (χ2n) is 6.99. The van der Waals surface area contributed by atoms with Crippen LogP contribution < -0.4 is 10.6 Å². The molecule has 4 rings (SSSR count). The van der Waals surface area contributed by atoms with E-state index in [2.05, 4.69) is 20.6 Å². The van der Waals surface area contributed by atoms with Gasteiger partial charge in [0, 0.05) is 18.0 Å². The first-order valence-corrected chi connectivity index (χ1v) is 9.06. The van der Waals surface area contributed by atoms with Crippen LogP contribution in [-0.4, -0.2) is 28.1 Å². The Morgan fingerprint density at radius 2 is 2.04 bits per heavy atom. The number of carbonyl (C=O) groups is 1. The predicted octanol–water partition coefficient (Wildman–Crippen LogP) is 2.75. The molecule has 132 valence electrons. The van der Waals surface area contributed by atoms with E-state index in [-0.39, 0.29) is 23.8 Å². The highest BCUT2D eigenvalue weighted by molar-refractivity contribution is 5.80. The van der Waals surface area contributed by atoms with Gasteiger partial charge in [0.1, 0.15) is 11.6 Å². The van der Waals surface area contributed by atoms with E-state index >= 15 is 0 Å². The van der Waals surface area contributed by atoms with E-state index in [9.17, 15) is 9.18 Å². The third-order valence-corrected chi connectivity index (χ3v) is 5.30.